The number of aryl methyl sites for hydroxylation is 1. The Hall–Kier alpha value is -3.37. The van der Waals surface area contributed by atoms with Crippen molar-refractivity contribution in [2.24, 2.45) is 24.0 Å². The van der Waals surface area contributed by atoms with Gasteiger partial charge >= 0.3 is 0 Å². The van der Waals surface area contributed by atoms with E-state index >= 15 is 0 Å². The highest BCUT2D eigenvalue weighted by atomic mass is 35.5. The summed E-state index contributed by atoms with van der Waals surface area (Å²) in [4.78, 5) is 25.2. The molecule has 0 spiro atoms. The number of pyridine rings is 2. The summed E-state index contributed by atoms with van der Waals surface area (Å²) in [5.74, 6) is 0.859. The predicted molar refractivity (Wildman–Crippen MR) is 133 cm³/mol. The number of aromatic nitrogens is 2. The Balaban J connectivity index is 1.44. The minimum absolute atomic E-state index is 0.105. The minimum Gasteiger partial charge on any atom is -0.395 e. The van der Waals surface area contributed by atoms with Crippen LogP contribution >= 0.6 is 11.6 Å². The Kier molecular flexibility index (Phi) is 6.25. The molecule has 1 saturated heterocycles. The van der Waals surface area contributed by atoms with E-state index in [9.17, 15) is 10.1 Å². The van der Waals surface area contributed by atoms with Crippen molar-refractivity contribution < 1.29 is 4.84 Å². The van der Waals surface area contributed by atoms with Crippen LogP contribution in [0.3, 0.4) is 0 Å². The third kappa shape index (κ3) is 4.38. The molecule has 2 aromatic heterocycles. The topological polar surface area (TPSA) is 83.5 Å². The van der Waals surface area contributed by atoms with Crippen molar-refractivity contribution in [2.45, 2.75) is 25.7 Å². The van der Waals surface area contributed by atoms with E-state index in [1.807, 2.05) is 18.2 Å². The largest absolute Gasteiger partial charge is 0.395 e. The first-order valence-corrected chi connectivity index (χ1v) is 12.0. The summed E-state index contributed by atoms with van der Waals surface area (Å²) in [6.07, 6.45) is 4.09. The molecule has 174 valence electrons. The molecule has 1 saturated carbocycles. The number of oxime groups is 1. The molecule has 2 fully saturated rings. The molecule has 0 amide bonds. The maximum absolute atomic E-state index is 12.9. The average molecular weight is 476 g/mol. The highest BCUT2D eigenvalue weighted by Crippen LogP contribution is 2.33. The van der Waals surface area contributed by atoms with Gasteiger partial charge in [-0.2, -0.15) is 5.26 Å². The van der Waals surface area contributed by atoms with E-state index in [0.717, 1.165) is 24.1 Å². The Morgan fingerprint density at radius 2 is 1.91 bits per heavy atom. The number of piperidine rings is 1. The van der Waals surface area contributed by atoms with Gasteiger partial charge in [0.15, 0.2) is 0 Å². The highest BCUT2D eigenvalue weighted by molar-refractivity contribution is 6.29. The first-order valence-electron chi connectivity index (χ1n) is 11.7. The van der Waals surface area contributed by atoms with Crippen molar-refractivity contribution in [1.29, 1.82) is 5.26 Å². The van der Waals surface area contributed by atoms with Gasteiger partial charge in [-0.05, 0) is 49.3 Å². The fraction of sp³-hybridized carbons (Fsp3) is 0.385. The lowest BCUT2D eigenvalue weighted by atomic mass is 9.88. The van der Waals surface area contributed by atoms with Gasteiger partial charge in [-0.25, -0.2) is 4.98 Å². The number of hydrogen-bond donors (Lipinski definition) is 0. The van der Waals surface area contributed by atoms with E-state index in [-0.39, 0.29) is 17.0 Å². The quantitative estimate of drug-likeness (QED) is 0.297. The molecule has 3 heterocycles. The van der Waals surface area contributed by atoms with Crippen LogP contribution in [0, 0.1) is 23.2 Å². The monoisotopic (exact) mass is 475 g/mol. The van der Waals surface area contributed by atoms with E-state index in [4.69, 9.17) is 16.4 Å². The molecule has 0 unspecified atom stereocenters. The predicted octanol–water partition coefficient (Wildman–Crippen LogP) is 4.51. The molecule has 1 aromatic carbocycles. The molecule has 0 N–H and O–H groups in total. The lowest BCUT2D eigenvalue weighted by molar-refractivity contribution is 0.132. The number of fused-ring (bicyclic) bond motifs is 1. The van der Waals surface area contributed by atoms with E-state index in [0.29, 0.717) is 47.5 Å². The van der Waals surface area contributed by atoms with Crippen LogP contribution in [0.1, 0.15) is 36.8 Å². The van der Waals surface area contributed by atoms with Crippen molar-refractivity contribution in [3.63, 3.8) is 0 Å². The Bertz CT molecular complexity index is 1330. The number of halogens is 1. The number of anilines is 1. The van der Waals surface area contributed by atoms with E-state index < -0.39 is 0 Å². The van der Waals surface area contributed by atoms with E-state index in [1.54, 1.807) is 19.2 Å². The summed E-state index contributed by atoms with van der Waals surface area (Å²) in [6.45, 7) is 2.01. The van der Waals surface area contributed by atoms with E-state index in [1.165, 1.54) is 17.4 Å². The van der Waals surface area contributed by atoms with Crippen LogP contribution in [0.5, 0.6) is 0 Å². The third-order valence-electron chi connectivity index (χ3n) is 6.73. The molecule has 34 heavy (non-hydrogen) atoms. The number of nitriles is 1. The number of rotatable bonds is 6. The molecule has 1 aliphatic heterocycles. The zero-order valence-electron chi connectivity index (χ0n) is 19.1. The summed E-state index contributed by atoms with van der Waals surface area (Å²) >= 11 is 6.20. The van der Waals surface area contributed by atoms with Crippen molar-refractivity contribution >= 4 is 34.0 Å². The molecule has 8 heteroatoms. The second-order valence-corrected chi connectivity index (χ2v) is 9.43. The van der Waals surface area contributed by atoms with Gasteiger partial charge in [0.25, 0.3) is 5.56 Å². The van der Waals surface area contributed by atoms with Crippen LogP contribution in [0.15, 0.2) is 52.4 Å². The zero-order chi connectivity index (χ0) is 23.7. The summed E-state index contributed by atoms with van der Waals surface area (Å²) in [5, 5.41) is 14.7. The molecule has 3 aromatic rings. The maximum Gasteiger partial charge on any atom is 0.270 e. The Morgan fingerprint density at radius 1 is 1.18 bits per heavy atom. The lowest BCUT2D eigenvalue weighted by Crippen LogP contribution is -2.38. The van der Waals surface area contributed by atoms with Crippen molar-refractivity contribution in [3.8, 4) is 6.07 Å². The molecule has 7 nitrogen and oxygen atoms in total. The smallest absolute Gasteiger partial charge is 0.270 e. The number of benzene rings is 1. The second-order valence-electron chi connectivity index (χ2n) is 9.04. The number of nitrogens with zero attached hydrogens (tertiary/aromatic N) is 5. The van der Waals surface area contributed by atoms with Crippen molar-refractivity contribution in [2.75, 3.05) is 24.6 Å². The maximum atomic E-state index is 12.9. The molecule has 0 atom stereocenters. The standard InChI is InChI=1S/C26H26ClN5O2/c1-31-21-9-10-22(27)29-24(21)25(20(15-28)26(31)33)32-13-11-19(12-14-32)23(18-5-3-2-4-6-18)30-34-16-17-7-8-17/h2-6,9-10,17,19H,7-8,11-14,16H2,1H3/b30-23+. The van der Waals surface area contributed by atoms with Crippen LogP contribution in [0.4, 0.5) is 5.69 Å². The minimum atomic E-state index is -0.323. The molecule has 2 aliphatic rings. The van der Waals surface area contributed by atoms with Gasteiger partial charge in [0.1, 0.15) is 28.9 Å². The van der Waals surface area contributed by atoms with Gasteiger partial charge in [-0.3, -0.25) is 4.79 Å². The van der Waals surface area contributed by atoms with Crippen LogP contribution in [-0.2, 0) is 11.9 Å². The third-order valence-corrected chi connectivity index (χ3v) is 6.94. The fourth-order valence-electron chi connectivity index (χ4n) is 4.62. The number of hydrogen-bond acceptors (Lipinski definition) is 6. The van der Waals surface area contributed by atoms with Gasteiger partial charge in [-0.15, -0.1) is 0 Å². The summed E-state index contributed by atoms with van der Waals surface area (Å²) in [5.41, 5.74) is 3.63. The van der Waals surface area contributed by atoms with Crippen molar-refractivity contribution in [1.82, 2.24) is 9.55 Å². The molecule has 1 aliphatic carbocycles. The summed E-state index contributed by atoms with van der Waals surface area (Å²) < 4.78 is 1.46. The average Bonchev–Trinajstić information content (AvgIpc) is 3.69. The van der Waals surface area contributed by atoms with Gasteiger partial charge < -0.3 is 14.3 Å². The van der Waals surface area contributed by atoms with Gasteiger partial charge in [0.2, 0.25) is 0 Å². The zero-order valence-corrected chi connectivity index (χ0v) is 19.8. The normalized spacial score (nSPS) is 17.1. The second kappa shape index (κ2) is 9.47. The first kappa shape index (κ1) is 22.4. The SMILES string of the molecule is Cn1c(=O)c(C#N)c(N2CCC(/C(=N/OCC3CC3)c3ccccc3)CC2)c2nc(Cl)ccc21. The van der Waals surface area contributed by atoms with Crippen LogP contribution in [0.25, 0.3) is 11.0 Å². The Morgan fingerprint density at radius 3 is 2.59 bits per heavy atom. The fourth-order valence-corrected chi connectivity index (χ4v) is 4.77. The summed E-state index contributed by atoms with van der Waals surface area (Å²) in [6, 6.07) is 15.7. The van der Waals surface area contributed by atoms with Crippen LogP contribution < -0.4 is 10.5 Å². The van der Waals surface area contributed by atoms with Crippen LogP contribution in [-0.4, -0.2) is 35.0 Å². The van der Waals surface area contributed by atoms with Crippen molar-refractivity contribution in [3.05, 3.63) is 69.1 Å². The molecular formula is C26H26ClN5O2. The first-order chi connectivity index (χ1) is 16.6. The Labute approximate surface area is 203 Å². The van der Waals surface area contributed by atoms with E-state index in [2.05, 4.69) is 33.2 Å². The molecular weight excluding hydrogens is 450 g/mol. The highest BCUT2D eigenvalue weighted by Gasteiger charge is 2.29. The summed E-state index contributed by atoms with van der Waals surface area (Å²) in [7, 11) is 1.65. The molecule has 0 radical (unpaired) electrons. The van der Waals surface area contributed by atoms with Gasteiger partial charge in [-0.1, -0.05) is 47.1 Å². The lowest BCUT2D eigenvalue weighted by Gasteiger charge is -2.34. The molecule has 0 bridgehead atoms. The van der Waals surface area contributed by atoms with Crippen LogP contribution in [0.2, 0.25) is 5.15 Å². The van der Waals surface area contributed by atoms with Gasteiger partial charge in [0, 0.05) is 26.1 Å². The van der Waals surface area contributed by atoms with Gasteiger partial charge in [0.05, 0.1) is 16.9 Å². The molecule has 5 rings (SSSR count).